The third kappa shape index (κ3) is 2.68. The number of carbonyl (C=O) groups is 1. The monoisotopic (exact) mass is 268 g/mol. The molecule has 1 atom stereocenters. The number of likely N-dealkylation sites (tertiary alicyclic amines) is 1. The van der Waals surface area contributed by atoms with E-state index in [9.17, 15) is 4.79 Å². The highest BCUT2D eigenvalue weighted by atomic mass is 16.2. The molecule has 0 spiro atoms. The summed E-state index contributed by atoms with van der Waals surface area (Å²) in [5.41, 5.74) is 6.76. The van der Waals surface area contributed by atoms with E-state index in [1.54, 1.807) is 0 Å². The van der Waals surface area contributed by atoms with Crippen LogP contribution in [0.15, 0.2) is 42.5 Å². The SMILES string of the molecule is NCC1CCN(C(=O)Cc2ccc3ccccc3c2)C1. The maximum Gasteiger partial charge on any atom is 0.226 e. The van der Waals surface area contributed by atoms with Crippen LogP contribution in [-0.2, 0) is 11.2 Å². The first-order chi connectivity index (χ1) is 9.76. The summed E-state index contributed by atoms with van der Waals surface area (Å²) >= 11 is 0. The number of amides is 1. The Balaban J connectivity index is 1.71. The average molecular weight is 268 g/mol. The summed E-state index contributed by atoms with van der Waals surface area (Å²) in [6, 6.07) is 14.5. The largest absolute Gasteiger partial charge is 0.342 e. The molecule has 0 bridgehead atoms. The van der Waals surface area contributed by atoms with Gasteiger partial charge in [-0.25, -0.2) is 0 Å². The van der Waals surface area contributed by atoms with Crippen molar-refractivity contribution in [2.75, 3.05) is 19.6 Å². The molecule has 3 nitrogen and oxygen atoms in total. The molecule has 2 N–H and O–H groups in total. The number of benzene rings is 2. The van der Waals surface area contributed by atoms with Crippen LogP contribution in [-0.4, -0.2) is 30.4 Å². The number of carbonyl (C=O) groups excluding carboxylic acids is 1. The first-order valence-corrected chi connectivity index (χ1v) is 7.22. The molecular weight excluding hydrogens is 248 g/mol. The predicted molar refractivity (Wildman–Crippen MR) is 81.4 cm³/mol. The van der Waals surface area contributed by atoms with Crippen molar-refractivity contribution in [2.45, 2.75) is 12.8 Å². The molecule has 2 aromatic rings. The Labute approximate surface area is 119 Å². The molecule has 0 radical (unpaired) electrons. The Hall–Kier alpha value is -1.87. The lowest BCUT2D eigenvalue weighted by Crippen LogP contribution is -2.31. The number of fused-ring (bicyclic) bond motifs is 1. The van der Waals surface area contributed by atoms with Gasteiger partial charge in [-0.05, 0) is 35.2 Å². The highest BCUT2D eigenvalue weighted by Crippen LogP contribution is 2.19. The number of hydrogen-bond donors (Lipinski definition) is 1. The number of nitrogens with zero attached hydrogens (tertiary/aromatic N) is 1. The van der Waals surface area contributed by atoms with Crippen LogP contribution in [0.1, 0.15) is 12.0 Å². The van der Waals surface area contributed by atoms with E-state index in [0.29, 0.717) is 18.9 Å². The Bertz CT molecular complexity index is 623. The normalized spacial score (nSPS) is 18.6. The third-order valence-electron chi connectivity index (χ3n) is 4.14. The summed E-state index contributed by atoms with van der Waals surface area (Å²) in [7, 11) is 0. The first kappa shape index (κ1) is 13.1. The molecule has 1 aliphatic rings. The second-order valence-electron chi connectivity index (χ2n) is 5.59. The summed E-state index contributed by atoms with van der Waals surface area (Å²) < 4.78 is 0. The fraction of sp³-hybridized carbons (Fsp3) is 0.353. The van der Waals surface area contributed by atoms with E-state index >= 15 is 0 Å². The van der Waals surface area contributed by atoms with Crippen LogP contribution in [0, 0.1) is 5.92 Å². The van der Waals surface area contributed by atoms with Crippen molar-refractivity contribution in [2.24, 2.45) is 11.7 Å². The van der Waals surface area contributed by atoms with Gasteiger partial charge in [-0.2, -0.15) is 0 Å². The molecule has 2 aromatic carbocycles. The highest BCUT2D eigenvalue weighted by Gasteiger charge is 2.24. The van der Waals surface area contributed by atoms with Gasteiger partial charge >= 0.3 is 0 Å². The van der Waals surface area contributed by atoms with Crippen LogP contribution >= 0.6 is 0 Å². The zero-order valence-corrected chi connectivity index (χ0v) is 11.6. The quantitative estimate of drug-likeness (QED) is 0.927. The molecular formula is C17H20N2O. The Kier molecular flexibility index (Phi) is 3.70. The van der Waals surface area contributed by atoms with Crippen molar-refractivity contribution >= 4 is 16.7 Å². The van der Waals surface area contributed by atoms with Crippen LogP contribution in [0.3, 0.4) is 0 Å². The second kappa shape index (κ2) is 5.63. The zero-order valence-electron chi connectivity index (χ0n) is 11.6. The summed E-state index contributed by atoms with van der Waals surface area (Å²) in [4.78, 5) is 14.2. The van der Waals surface area contributed by atoms with Crippen molar-refractivity contribution in [3.63, 3.8) is 0 Å². The molecule has 0 saturated carbocycles. The minimum Gasteiger partial charge on any atom is -0.342 e. The number of rotatable bonds is 3. The molecule has 1 heterocycles. The van der Waals surface area contributed by atoms with E-state index in [4.69, 9.17) is 5.73 Å². The minimum absolute atomic E-state index is 0.219. The molecule has 0 aliphatic carbocycles. The summed E-state index contributed by atoms with van der Waals surface area (Å²) in [6.45, 7) is 2.36. The van der Waals surface area contributed by atoms with Gasteiger partial charge in [0.05, 0.1) is 6.42 Å². The smallest absolute Gasteiger partial charge is 0.226 e. The van der Waals surface area contributed by atoms with Gasteiger partial charge in [0.15, 0.2) is 0 Å². The Morgan fingerprint density at radius 1 is 1.20 bits per heavy atom. The molecule has 20 heavy (non-hydrogen) atoms. The van der Waals surface area contributed by atoms with Gasteiger partial charge in [0.25, 0.3) is 0 Å². The van der Waals surface area contributed by atoms with Crippen molar-refractivity contribution in [3.05, 3.63) is 48.0 Å². The van der Waals surface area contributed by atoms with E-state index in [1.807, 2.05) is 17.0 Å². The van der Waals surface area contributed by atoms with Crippen LogP contribution in [0.5, 0.6) is 0 Å². The summed E-state index contributed by atoms with van der Waals surface area (Å²) in [5, 5.41) is 2.41. The van der Waals surface area contributed by atoms with E-state index in [0.717, 1.165) is 25.1 Å². The maximum absolute atomic E-state index is 12.3. The van der Waals surface area contributed by atoms with Gasteiger partial charge in [-0.1, -0.05) is 42.5 Å². The summed E-state index contributed by atoms with van der Waals surface area (Å²) in [6.07, 6.45) is 1.53. The fourth-order valence-electron chi connectivity index (χ4n) is 2.89. The molecule has 1 saturated heterocycles. The van der Waals surface area contributed by atoms with Crippen molar-refractivity contribution in [1.82, 2.24) is 4.90 Å². The van der Waals surface area contributed by atoms with E-state index in [2.05, 4.69) is 30.3 Å². The van der Waals surface area contributed by atoms with Gasteiger partial charge in [-0.15, -0.1) is 0 Å². The lowest BCUT2D eigenvalue weighted by molar-refractivity contribution is -0.129. The molecule has 104 valence electrons. The molecule has 3 heteroatoms. The molecule has 1 unspecified atom stereocenters. The summed E-state index contributed by atoms with van der Waals surface area (Å²) in [5.74, 6) is 0.701. The third-order valence-corrected chi connectivity index (χ3v) is 4.14. The molecule has 1 aliphatic heterocycles. The van der Waals surface area contributed by atoms with E-state index in [1.165, 1.54) is 10.8 Å². The van der Waals surface area contributed by atoms with Crippen molar-refractivity contribution in [3.8, 4) is 0 Å². The Morgan fingerprint density at radius 3 is 2.75 bits per heavy atom. The van der Waals surface area contributed by atoms with Crippen LogP contribution in [0.25, 0.3) is 10.8 Å². The molecule has 1 amide bonds. The van der Waals surface area contributed by atoms with Gasteiger partial charge in [0, 0.05) is 13.1 Å². The maximum atomic E-state index is 12.3. The van der Waals surface area contributed by atoms with E-state index in [-0.39, 0.29) is 5.91 Å². The predicted octanol–water partition coefficient (Wildman–Crippen LogP) is 2.19. The van der Waals surface area contributed by atoms with Crippen LogP contribution in [0.2, 0.25) is 0 Å². The zero-order chi connectivity index (χ0) is 13.9. The first-order valence-electron chi connectivity index (χ1n) is 7.22. The lowest BCUT2D eigenvalue weighted by Gasteiger charge is -2.16. The minimum atomic E-state index is 0.219. The average Bonchev–Trinajstić information content (AvgIpc) is 2.96. The lowest BCUT2D eigenvalue weighted by atomic mass is 10.0. The number of hydrogen-bond acceptors (Lipinski definition) is 2. The van der Waals surface area contributed by atoms with Gasteiger partial charge in [0.1, 0.15) is 0 Å². The highest BCUT2D eigenvalue weighted by molar-refractivity contribution is 5.85. The number of nitrogens with two attached hydrogens (primary N) is 1. The standard InChI is InChI=1S/C17H20N2O/c18-11-14-7-8-19(12-14)17(20)10-13-5-6-15-3-1-2-4-16(15)9-13/h1-6,9,14H,7-8,10-12,18H2. The second-order valence-corrected chi connectivity index (χ2v) is 5.59. The Morgan fingerprint density at radius 2 is 2.00 bits per heavy atom. The van der Waals surface area contributed by atoms with Gasteiger partial charge in [0.2, 0.25) is 5.91 Å². The fourth-order valence-corrected chi connectivity index (χ4v) is 2.89. The topological polar surface area (TPSA) is 46.3 Å². The van der Waals surface area contributed by atoms with Crippen LogP contribution < -0.4 is 5.73 Å². The molecule has 0 aromatic heterocycles. The molecule has 1 fully saturated rings. The van der Waals surface area contributed by atoms with Crippen molar-refractivity contribution in [1.29, 1.82) is 0 Å². The van der Waals surface area contributed by atoms with Crippen molar-refractivity contribution < 1.29 is 4.79 Å². The van der Waals surface area contributed by atoms with E-state index < -0.39 is 0 Å². The van der Waals surface area contributed by atoms with Gasteiger partial charge in [-0.3, -0.25) is 4.79 Å². The molecule has 3 rings (SSSR count). The van der Waals surface area contributed by atoms with Crippen LogP contribution in [0.4, 0.5) is 0 Å². The van der Waals surface area contributed by atoms with Gasteiger partial charge < -0.3 is 10.6 Å².